The Morgan fingerprint density at radius 2 is 2.05 bits per heavy atom. The summed E-state index contributed by atoms with van der Waals surface area (Å²) in [6.45, 7) is 4.39. The molecule has 4 nitrogen and oxygen atoms in total. The molecular formula is C16H19NO3. The smallest absolute Gasteiger partial charge is 0.328 e. The maximum Gasteiger partial charge on any atom is 0.328 e. The van der Waals surface area contributed by atoms with Gasteiger partial charge in [-0.05, 0) is 50.5 Å². The van der Waals surface area contributed by atoms with E-state index in [-0.39, 0.29) is 5.41 Å². The zero-order chi connectivity index (χ0) is 15.0. The largest absolute Gasteiger partial charge is 0.494 e. The van der Waals surface area contributed by atoms with Crippen LogP contribution in [0.25, 0.3) is 6.08 Å². The predicted molar refractivity (Wildman–Crippen MR) is 77.2 cm³/mol. The van der Waals surface area contributed by atoms with Gasteiger partial charge in [0.1, 0.15) is 5.75 Å². The van der Waals surface area contributed by atoms with Gasteiger partial charge in [0.05, 0.1) is 18.1 Å². The highest BCUT2D eigenvalue weighted by Crippen LogP contribution is 2.21. The normalized spacial score (nSPS) is 11.2. The topological polar surface area (TPSA) is 70.3 Å². The molecule has 0 spiro atoms. The lowest BCUT2D eigenvalue weighted by Gasteiger charge is -2.14. The molecule has 0 aliphatic rings. The predicted octanol–water partition coefficient (Wildman–Crippen LogP) is 3.49. The Hall–Kier alpha value is -2.28. The van der Waals surface area contributed by atoms with Crippen LogP contribution in [0.4, 0.5) is 0 Å². The maximum absolute atomic E-state index is 10.4. The van der Waals surface area contributed by atoms with Gasteiger partial charge in [-0.2, -0.15) is 5.26 Å². The third kappa shape index (κ3) is 6.05. The monoisotopic (exact) mass is 273 g/mol. The zero-order valence-electron chi connectivity index (χ0n) is 11.8. The highest BCUT2D eigenvalue weighted by molar-refractivity contribution is 5.85. The summed E-state index contributed by atoms with van der Waals surface area (Å²) in [4.78, 5) is 10.4. The van der Waals surface area contributed by atoms with E-state index in [2.05, 4.69) is 6.07 Å². The van der Waals surface area contributed by atoms with Crippen molar-refractivity contribution in [1.29, 1.82) is 5.26 Å². The van der Waals surface area contributed by atoms with Crippen molar-refractivity contribution < 1.29 is 14.6 Å². The molecule has 0 unspecified atom stereocenters. The van der Waals surface area contributed by atoms with Crippen LogP contribution in [0.15, 0.2) is 30.3 Å². The minimum absolute atomic E-state index is 0.311. The summed E-state index contributed by atoms with van der Waals surface area (Å²) in [6, 6.07) is 9.46. The number of hydrogen-bond donors (Lipinski definition) is 1. The van der Waals surface area contributed by atoms with Crippen molar-refractivity contribution in [3.8, 4) is 11.8 Å². The Morgan fingerprint density at radius 1 is 1.40 bits per heavy atom. The Balaban J connectivity index is 2.39. The SMILES string of the molecule is CC(C)(C#N)CCCOc1ccc(C=CC(=O)O)cc1. The fourth-order valence-corrected chi connectivity index (χ4v) is 1.60. The zero-order valence-corrected chi connectivity index (χ0v) is 11.8. The first kappa shape index (κ1) is 15.8. The van der Waals surface area contributed by atoms with Crippen molar-refractivity contribution in [3.05, 3.63) is 35.9 Å². The number of aliphatic carboxylic acids is 1. The second-order valence-electron chi connectivity index (χ2n) is 5.19. The molecule has 0 saturated heterocycles. The van der Waals surface area contributed by atoms with Crippen molar-refractivity contribution in [3.63, 3.8) is 0 Å². The van der Waals surface area contributed by atoms with Gasteiger partial charge in [0.2, 0.25) is 0 Å². The summed E-state index contributed by atoms with van der Waals surface area (Å²) >= 11 is 0. The van der Waals surface area contributed by atoms with Crippen molar-refractivity contribution in [2.75, 3.05) is 6.61 Å². The first-order chi connectivity index (χ1) is 9.43. The lowest BCUT2D eigenvalue weighted by Crippen LogP contribution is -2.10. The van der Waals surface area contributed by atoms with Gasteiger partial charge < -0.3 is 9.84 Å². The maximum atomic E-state index is 10.4. The summed E-state index contributed by atoms with van der Waals surface area (Å²) in [6.07, 6.45) is 4.24. The highest BCUT2D eigenvalue weighted by Gasteiger charge is 2.15. The van der Waals surface area contributed by atoms with Gasteiger partial charge in [-0.3, -0.25) is 0 Å². The van der Waals surface area contributed by atoms with E-state index in [1.165, 1.54) is 6.08 Å². The summed E-state index contributed by atoms with van der Waals surface area (Å²) in [5.74, 6) is -0.224. The van der Waals surface area contributed by atoms with Gasteiger partial charge in [0.15, 0.2) is 0 Å². The van der Waals surface area contributed by atoms with Crippen molar-refractivity contribution in [1.82, 2.24) is 0 Å². The molecule has 1 rings (SSSR count). The minimum atomic E-state index is -0.967. The van der Waals surface area contributed by atoms with Gasteiger partial charge in [-0.15, -0.1) is 0 Å². The van der Waals surface area contributed by atoms with Crippen LogP contribution in [0.2, 0.25) is 0 Å². The molecule has 0 fully saturated rings. The second kappa shape index (κ2) is 7.34. The molecule has 0 heterocycles. The lowest BCUT2D eigenvalue weighted by atomic mass is 9.90. The Kier molecular flexibility index (Phi) is 5.79. The summed E-state index contributed by atoms with van der Waals surface area (Å²) in [7, 11) is 0. The number of nitriles is 1. The molecular weight excluding hydrogens is 254 g/mol. The van der Waals surface area contributed by atoms with Crippen LogP contribution in [0.5, 0.6) is 5.75 Å². The lowest BCUT2D eigenvalue weighted by molar-refractivity contribution is -0.131. The van der Waals surface area contributed by atoms with E-state index in [9.17, 15) is 4.79 Å². The number of ether oxygens (including phenoxy) is 1. The van der Waals surface area contributed by atoms with Gasteiger partial charge in [0, 0.05) is 6.08 Å². The number of benzene rings is 1. The third-order valence-corrected chi connectivity index (χ3v) is 2.82. The quantitative estimate of drug-likeness (QED) is 0.609. The summed E-state index contributed by atoms with van der Waals surface area (Å²) in [5.41, 5.74) is 0.500. The molecule has 0 atom stereocenters. The first-order valence-corrected chi connectivity index (χ1v) is 6.48. The number of carboxylic acid groups (broad SMARTS) is 1. The number of carbonyl (C=O) groups is 1. The van der Waals surface area contributed by atoms with E-state index >= 15 is 0 Å². The Labute approximate surface area is 119 Å². The molecule has 0 amide bonds. The van der Waals surface area contributed by atoms with Crippen molar-refractivity contribution in [2.45, 2.75) is 26.7 Å². The minimum Gasteiger partial charge on any atom is -0.494 e. The number of rotatable bonds is 7. The molecule has 106 valence electrons. The standard InChI is InChI=1S/C16H19NO3/c1-16(2,12-17)10-3-11-20-14-7-4-13(5-8-14)6-9-15(18)19/h4-9H,3,10-11H2,1-2H3,(H,18,19). The molecule has 1 aromatic carbocycles. The fourth-order valence-electron chi connectivity index (χ4n) is 1.60. The van der Waals surface area contributed by atoms with Crippen LogP contribution in [0.1, 0.15) is 32.3 Å². The third-order valence-electron chi connectivity index (χ3n) is 2.82. The highest BCUT2D eigenvalue weighted by atomic mass is 16.5. The van der Waals surface area contributed by atoms with Crippen LogP contribution in [-0.2, 0) is 4.79 Å². The van der Waals surface area contributed by atoms with Gasteiger partial charge in [0.25, 0.3) is 0 Å². The summed E-state index contributed by atoms with van der Waals surface area (Å²) < 4.78 is 5.58. The molecule has 4 heteroatoms. The molecule has 1 aromatic rings. The number of carboxylic acids is 1. The fraction of sp³-hybridized carbons (Fsp3) is 0.375. The molecule has 20 heavy (non-hydrogen) atoms. The van der Waals surface area contributed by atoms with Crippen molar-refractivity contribution >= 4 is 12.0 Å². The van der Waals surface area contributed by atoms with E-state index in [1.807, 2.05) is 13.8 Å². The van der Waals surface area contributed by atoms with Crippen LogP contribution in [-0.4, -0.2) is 17.7 Å². The van der Waals surface area contributed by atoms with Crippen LogP contribution in [0.3, 0.4) is 0 Å². The molecule has 0 aliphatic carbocycles. The van der Waals surface area contributed by atoms with E-state index in [0.29, 0.717) is 6.61 Å². The van der Waals surface area contributed by atoms with E-state index in [4.69, 9.17) is 15.1 Å². The molecule has 0 radical (unpaired) electrons. The number of nitrogens with zero attached hydrogens (tertiary/aromatic N) is 1. The molecule has 0 aliphatic heterocycles. The molecule has 0 bridgehead atoms. The first-order valence-electron chi connectivity index (χ1n) is 6.48. The van der Waals surface area contributed by atoms with Crippen LogP contribution in [0, 0.1) is 16.7 Å². The average molecular weight is 273 g/mol. The summed E-state index contributed by atoms with van der Waals surface area (Å²) in [5, 5.41) is 17.4. The van der Waals surface area contributed by atoms with Gasteiger partial charge >= 0.3 is 5.97 Å². The van der Waals surface area contributed by atoms with E-state index in [1.54, 1.807) is 24.3 Å². The Morgan fingerprint density at radius 3 is 2.60 bits per heavy atom. The van der Waals surface area contributed by atoms with E-state index in [0.717, 1.165) is 30.2 Å². The Bertz CT molecular complexity index is 510. The molecule has 0 aromatic heterocycles. The molecule has 1 N–H and O–H groups in total. The van der Waals surface area contributed by atoms with Gasteiger partial charge in [-0.1, -0.05) is 12.1 Å². The molecule has 0 saturated carbocycles. The van der Waals surface area contributed by atoms with Gasteiger partial charge in [-0.25, -0.2) is 4.79 Å². The van der Waals surface area contributed by atoms with E-state index < -0.39 is 5.97 Å². The van der Waals surface area contributed by atoms with Crippen molar-refractivity contribution in [2.24, 2.45) is 5.41 Å². The number of hydrogen-bond acceptors (Lipinski definition) is 3. The average Bonchev–Trinajstić information content (AvgIpc) is 2.42. The van der Waals surface area contributed by atoms with Crippen LogP contribution >= 0.6 is 0 Å². The second-order valence-corrected chi connectivity index (χ2v) is 5.19. The van der Waals surface area contributed by atoms with Crippen LogP contribution < -0.4 is 4.74 Å².